The molecule has 1 N–H and O–H groups in total. The maximum absolute atomic E-state index is 4.65. The Balaban J connectivity index is 2.27. The van der Waals surface area contributed by atoms with Crippen LogP contribution in [0.4, 0.5) is 5.95 Å². The maximum atomic E-state index is 4.65. The molecule has 2 aromatic rings. The largest absolute Gasteiger partial charge is 0.354 e. The van der Waals surface area contributed by atoms with Gasteiger partial charge in [0.2, 0.25) is 5.95 Å². The lowest BCUT2D eigenvalue weighted by atomic mass is 10.2. The van der Waals surface area contributed by atoms with Crippen molar-refractivity contribution in [1.82, 2.24) is 9.97 Å². The topological polar surface area (TPSA) is 37.8 Å². The van der Waals surface area contributed by atoms with E-state index >= 15 is 0 Å². The van der Waals surface area contributed by atoms with Gasteiger partial charge in [-0.05, 0) is 38.0 Å². The van der Waals surface area contributed by atoms with E-state index in [4.69, 9.17) is 0 Å². The Hall–Kier alpha value is -0.810. The number of thiophene rings is 1. The fourth-order valence-electron chi connectivity index (χ4n) is 1.75. The third-order valence-electron chi connectivity index (χ3n) is 2.75. The number of hydrogen-bond acceptors (Lipinski definition) is 5. The average molecular weight is 295 g/mol. The molecule has 0 unspecified atom stereocenters. The molecule has 0 saturated carbocycles. The molecule has 0 saturated heterocycles. The highest BCUT2D eigenvalue weighted by molar-refractivity contribution is 7.99. The van der Waals surface area contributed by atoms with Gasteiger partial charge >= 0.3 is 0 Å². The molecule has 104 valence electrons. The summed E-state index contributed by atoms with van der Waals surface area (Å²) in [5.74, 6) is 2.61. The first kappa shape index (κ1) is 14.6. The van der Waals surface area contributed by atoms with Gasteiger partial charge in [-0.3, -0.25) is 0 Å². The Morgan fingerprint density at radius 1 is 1.37 bits per heavy atom. The third kappa shape index (κ3) is 3.83. The average Bonchev–Trinajstić information content (AvgIpc) is 2.69. The number of nitrogens with zero attached hydrogens (tertiary/aromatic N) is 2. The van der Waals surface area contributed by atoms with Crippen molar-refractivity contribution in [2.24, 2.45) is 5.92 Å². The van der Waals surface area contributed by atoms with E-state index in [0.29, 0.717) is 0 Å². The lowest BCUT2D eigenvalue weighted by molar-refractivity contribution is 0.632. The predicted octanol–water partition coefficient (Wildman–Crippen LogP) is 4.57. The maximum Gasteiger partial charge on any atom is 0.225 e. The summed E-state index contributed by atoms with van der Waals surface area (Å²) in [6.45, 7) is 9.57. The number of nitrogens with one attached hydrogen (secondary N) is 1. The lowest BCUT2D eigenvalue weighted by Crippen LogP contribution is -2.02. The van der Waals surface area contributed by atoms with Crippen LogP contribution in [-0.4, -0.2) is 22.3 Å². The highest BCUT2D eigenvalue weighted by Gasteiger charge is 2.11. The summed E-state index contributed by atoms with van der Waals surface area (Å²) in [4.78, 5) is 11.6. The van der Waals surface area contributed by atoms with Gasteiger partial charge in [0.15, 0.2) is 0 Å². The highest BCUT2D eigenvalue weighted by Crippen LogP contribution is 2.32. The van der Waals surface area contributed by atoms with Gasteiger partial charge in [-0.1, -0.05) is 13.8 Å². The molecule has 0 spiro atoms. The molecular formula is C14H21N3S2. The molecule has 2 rings (SSSR count). The third-order valence-corrected chi connectivity index (χ3v) is 4.72. The van der Waals surface area contributed by atoms with Gasteiger partial charge < -0.3 is 5.32 Å². The van der Waals surface area contributed by atoms with Crippen LogP contribution in [0.5, 0.6) is 0 Å². The molecule has 0 atom stereocenters. The second-order valence-electron chi connectivity index (χ2n) is 4.99. The SMILES string of the molecule is CCNc1nc(SCCC(C)C)c2cc(C)sc2n1. The van der Waals surface area contributed by atoms with Gasteiger partial charge in [-0.15, -0.1) is 23.1 Å². The zero-order chi connectivity index (χ0) is 13.8. The molecular weight excluding hydrogens is 274 g/mol. The number of thioether (sulfide) groups is 1. The van der Waals surface area contributed by atoms with Crippen LogP contribution in [0.25, 0.3) is 10.2 Å². The van der Waals surface area contributed by atoms with Gasteiger partial charge in [0.25, 0.3) is 0 Å². The summed E-state index contributed by atoms with van der Waals surface area (Å²) >= 11 is 3.59. The van der Waals surface area contributed by atoms with Crippen LogP contribution in [0.3, 0.4) is 0 Å². The minimum absolute atomic E-state index is 0.738. The van der Waals surface area contributed by atoms with Crippen LogP contribution >= 0.6 is 23.1 Å². The van der Waals surface area contributed by atoms with Crippen molar-refractivity contribution < 1.29 is 0 Å². The van der Waals surface area contributed by atoms with E-state index in [1.807, 2.05) is 11.8 Å². The minimum Gasteiger partial charge on any atom is -0.354 e. The lowest BCUT2D eigenvalue weighted by Gasteiger charge is -2.07. The molecule has 0 aliphatic heterocycles. The summed E-state index contributed by atoms with van der Waals surface area (Å²) < 4.78 is 0. The van der Waals surface area contributed by atoms with Gasteiger partial charge in [0.05, 0.1) is 0 Å². The Morgan fingerprint density at radius 3 is 2.84 bits per heavy atom. The molecule has 2 heterocycles. The van der Waals surface area contributed by atoms with Crippen molar-refractivity contribution in [3.05, 3.63) is 10.9 Å². The molecule has 0 aromatic carbocycles. The van der Waals surface area contributed by atoms with E-state index in [0.717, 1.165) is 34.0 Å². The van der Waals surface area contributed by atoms with Crippen molar-refractivity contribution in [3.8, 4) is 0 Å². The van der Waals surface area contributed by atoms with Gasteiger partial charge in [0.1, 0.15) is 9.86 Å². The first-order valence-corrected chi connectivity index (χ1v) is 8.55. The van der Waals surface area contributed by atoms with Crippen LogP contribution in [0.15, 0.2) is 11.1 Å². The summed E-state index contributed by atoms with van der Waals surface area (Å²) in [7, 11) is 0. The summed E-state index contributed by atoms with van der Waals surface area (Å²) in [6, 6.07) is 2.20. The van der Waals surface area contributed by atoms with Crippen molar-refractivity contribution >= 4 is 39.3 Å². The van der Waals surface area contributed by atoms with E-state index < -0.39 is 0 Å². The van der Waals surface area contributed by atoms with Crippen molar-refractivity contribution in [1.29, 1.82) is 0 Å². The summed E-state index contributed by atoms with van der Waals surface area (Å²) in [6.07, 6.45) is 1.22. The fourth-order valence-corrected chi connectivity index (χ4v) is 3.94. The Labute approximate surface area is 123 Å². The quantitative estimate of drug-likeness (QED) is 0.626. The van der Waals surface area contributed by atoms with Crippen molar-refractivity contribution in [3.63, 3.8) is 0 Å². The molecule has 19 heavy (non-hydrogen) atoms. The number of hydrogen-bond donors (Lipinski definition) is 1. The van der Waals surface area contributed by atoms with Crippen molar-refractivity contribution in [2.45, 2.75) is 39.1 Å². The highest BCUT2D eigenvalue weighted by atomic mass is 32.2. The van der Waals surface area contributed by atoms with E-state index in [9.17, 15) is 0 Å². The first-order chi connectivity index (χ1) is 9.10. The molecule has 2 aromatic heterocycles. The summed E-state index contributed by atoms with van der Waals surface area (Å²) in [5, 5.41) is 5.54. The Morgan fingerprint density at radius 2 is 2.16 bits per heavy atom. The van der Waals surface area contributed by atoms with Crippen LogP contribution < -0.4 is 5.32 Å². The Kier molecular flexibility index (Phi) is 5.05. The van der Waals surface area contributed by atoms with E-state index in [2.05, 4.69) is 49.0 Å². The number of aromatic nitrogens is 2. The zero-order valence-electron chi connectivity index (χ0n) is 12.0. The fraction of sp³-hybridized carbons (Fsp3) is 0.571. The smallest absolute Gasteiger partial charge is 0.225 e. The van der Waals surface area contributed by atoms with Crippen LogP contribution in [0, 0.1) is 12.8 Å². The molecule has 0 fully saturated rings. The molecule has 0 bridgehead atoms. The first-order valence-electron chi connectivity index (χ1n) is 6.75. The normalized spacial score (nSPS) is 11.4. The number of aryl methyl sites for hydroxylation is 1. The van der Waals surface area contributed by atoms with Crippen molar-refractivity contribution in [2.75, 3.05) is 17.6 Å². The zero-order valence-corrected chi connectivity index (χ0v) is 13.6. The number of fused-ring (bicyclic) bond motifs is 1. The van der Waals surface area contributed by atoms with Crippen LogP contribution in [-0.2, 0) is 0 Å². The molecule has 0 aliphatic rings. The second kappa shape index (κ2) is 6.57. The molecule has 3 nitrogen and oxygen atoms in total. The monoisotopic (exact) mass is 295 g/mol. The molecule has 5 heteroatoms. The summed E-state index contributed by atoms with van der Waals surface area (Å²) in [5.41, 5.74) is 0. The van der Waals surface area contributed by atoms with Crippen LogP contribution in [0.1, 0.15) is 32.1 Å². The molecule has 0 radical (unpaired) electrons. The van der Waals surface area contributed by atoms with Crippen LogP contribution in [0.2, 0.25) is 0 Å². The van der Waals surface area contributed by atoms with E-state index in [1.165, 1.54) is 16.7 Å². The standard InChI is InChI=1S/C14H21N3S2/c1-5-15-14-16-12(18-7-6-9(2)3)11-8-10(4)19-13(11)17-14/h8-9H,5-7H2,1-4H3,(H,15,16,17). The van der Waals surface area contributed by atoms with Gasteiger partial charge in [0, 0.05) is 16.8 Å². The molecule has 0 amide bonds. The number of rotatable bonds is 6. The Bertz CT molecular complexity index is 549. The molecule has 0 aliphatic carbocycles. The van der Waals surface area contributed by atoms with E-state index in [1.54, 1.807) is 11.3 Å². The minimum atomic E-state index is 0.738. The second-order valence-corrected chi connectivity index (χ2v) is 7.31. The van der Waals surface area contributed by atoms with E-state index in [-0.39, 0.29) is 0 Å². The predicted molar refractivity (Wildman–Crippen MR) is 86.5 cm³/mol. The van der Waals surface area contributed by atoms with Gasteiger partial charge in [-0.25, -0.2) is 9.97 Å². The van der Waals surface area contributed by atoms with Gasteiger partial charge in [-0.2, -0.15) is 0 Å². The number of anilines is 1.